The van der Waals surface area contributed by atoms with Crippen molar-refractivity contribution in [2.75, 3.05) is 38.2 Å². The number of thioether (sulfide) groups is 1. The van der Waals surface area contributed by atoms with Crippen LogP contribution in [0.4, 0.5) is 0 Å². The van der Waals surface area contributed by atoms with E-state index >= 15 is 0 Å². The first kappa shape index (κ1) is 63.2. The monoisotopic (exact) mass is 1040 g/mol. The summed E-state index contributed by atoms with van der Waals surface area (Å²) in [6, 6.07) is 9.61. The normalized spacial score (nSPS) is 13.3. The maximum Gasteiger partial charge on any atom is 0.300 e. The Morgan fingerprint density at radius 2 is 0.973 bits per heavy atom. The number of nitrogens with zero attached hydrogens (tertiary/aromatic N) is 1. The third-order valence-corrected chi connectivity index (χ3v) is 10.6. The molecule has 0 heterocycles. The number of amides is 10. The molecule has 0 saturated carbocycles. The number of nitrogens with two attached hydrogens (primary N) is 4. The van der Waals surface area contributed by atoms with E-state index in [9.17, 15) is 47.9 Å². The van der Waals surface area contributed by atoms with Gasteiger partial charge in [0.1, 0.15) is 36.3 Å². The first-order valence-corrected chi connectivity index (χ1v) is 24.3. The van der Waals surface area contributed by atoms with E-state index in [1.165, 1.54) is 32.5 Å². The molecule has 2 rings (SSSR count). The summed E-state index contributed by atoms with van der Waals surface area (Å²) >= 11 is 1.40. The molecule has 7 unspecified atom stereocenters. The molecule has 402 valence electrons. The Labute approximate surface area is 427 Å². The fraction of sp³-hybridized carbons (Fsp3) is 0.478. The summed E-state index contributed by atoms with van der Waals surface area (Å²) in [4.78, 5) is 142. The molecule has 0 aliphatic rings. The van der Waals surface area contributed by atoms with Crippen molar-refractivity contribution in [1.29, 1.82) is 0 Å². The molecular weight excluding hydrogens is 973 g/mol. The van der Waals surface area contributed by atoms with Gasteiger partial charge in [-0.3, -0.25) is 57.7 Å². The largest absolute Gasteiger partial charge is 0.481 e. The smallest absolute Gasteiger partial charge is 0.300 e. The predicted octanol–water partition coefficient (Wildman–Crippen LogP) is -4.50. The lowest BCUT2D eigenvalue weighted by Crippen LogP contribution is -2.57. The number of carboxylic acid groups (broad SMARTS) is 1. The SMILES string of the molecule is CC(=O)O.CSCCC(NC(=O)CNC(=O)C(C)NC(=O)C(C)N)C(=O)NCC(=O)NC(Cc1ccccc1)C(=O)NC(Cc1ccccc1)C(=O)NCC(=O)NC(C)C(=O)NC(CCCN=C(N)N)C(N)=O. The van der Waals surface area contributed by atoms with Gasteiger partial charge in [-0.2, -0.15) is 11.8 Å². The molecule has 73 heavy (non-hydrogen) atoms. The van der Waals surface area contributed by atoms with Crippen LogP contribution in [-0.4, -0.2) is 157 Å². The minimum atomic E-state index is -1.28. The van der Waals surface area contributed by atoms with Crippen molar-refractivity contribution >= 4 is 82.8 Å². The number of hydrogen-bond acceptors (Lipinski definition) is 14. The topological polar surface area (TPSA) is 433 Å². The Kier molecular flexibility index (Phi) is 29.9. The number of aliphatic imine (C=N–C) groups is 1. The molecule has 0 aliphatic heterocycles. The highest BCUT2D eigenvalue weighted by Crippen LogP contribution is 2.08. The van der Waals surface area contributed by atoms with Gasteiger partial charge < -0.3 is 75.9 Å². The zero-order valence-electron chi connectivity index (χ0n) is 41.5. The first-order chi connectivity index (χ1) is 34.4. The van der Waals surface area contributed by atoms with Crippen LogP contribution in [0.5, 0.6) is 0 Å². The Morgan fingerprint density at radius 3 is 1.44 bits per heavy atom. The fourth-order valence-electron chi connectivity index (χ4n) is 6.14. The Bertz CT molecular complexity index is 2200. The van der Waals surface area contributed by atoms with E-state index in [1.54, 1.807) is 66.9 Å². The number of carboxylic acids is 1. The van der Waals surface area contributed by atoms with Crippen molar-refractivity contribution in [2.45, 2.75) is 102 Å². The maximum absolute atomic E-state index is 14.0. The molecule has 0 fully saturated rings. The minimum Gasteiger partial charge on any atom is -0.481 e. The number of nitrogens with one attached hydrogen (secondary N) is 9. The number of rotatable bonds is 30. The third-order valence-electron chi connectivity index (χ3n) is 9.92. The summed E-state index contributed by atoms with van der Waals surface area (Å²) in [7, 11) is 0. The molecule has 0 saturated heterocycles. The number of carbonyl (C=O) groups excluding carboxylic acids is 10. The first-order valence-electron chi connectivity index (χ1n) is 22.9. The molecule has 0 radical (unpaired) electrons. The van der Waals surface area contributed by atoms with Gasteiger partial charge in [-0.1, -0.05) is 60.7 Å². The van der Waals surface area contributed by atoms with E-state index in [2.05, 4.69) is 52.8 Å². The van der Waals surface area contributed by atoms with E-state index in [4.69, 9.17) is 32.8 Å². The summed E-state index contributed by atoms with van der Waals surface area (Å²) in [6.07, 6.45) is 2.34. The van der Waals surface area contributed by atoms with Crippen molar-refractivity contribution in [3.8, 4) is 0 Å². The highest BCUT2D eigenvalue weighted by molar-refractivity contribution is 7.98. The van der Waals surface area contributed by atoms with E-state index in [-0.39, 0.29) is 38.2 Å². The highest BCUT2D eigenvalue weighted by atomic mass is 32.2. The second kappa shape index (κ2) is 34.5. The summed E-state index contributed by atoms with van der Waals surface area (Å²) in [5.74, 6) is -7.81. The number of primary amides is 1. The number of carbonyl (C=O) groups is 11. The second-order valence-electron chi connectivity index (χ2n) is 16.4. The lowest BCUT2D eigenvalue weighted by Gasteiger charge is -2.24. The summed E-state index contributed by atoms with van der Waals surface area (Å²) in [6.45, 7) is 3.75. The average molecular weight is 1040 g/mol. The van der Waals surface area contributed by atoms with Crippen molar-refractivity contribution in [3.63, 3.8) is 0 Å². The van der Waals surface area contributed by atoms with Crippen LogP contribution >= 0.6 is 11.8 Å². The van der Waals surface area contributed by atoms with Gasteiger partial charge >= 0.3 is 0 Å². The van der Waals surface area contributed by atoms with E-state index in [0.29, 0.717) is 23.3 Å². The van der Waals surface area contributed by atoms with Crippen LogP contribution in [0.3, 0.4) is 0 Å². The number of hydrogen-bond donors (Lipinski definition) is 14. The molecule has 2 aromatic rings. The zero-order chi connectivity index (χ0) is 55.0. The fourth-order valence-corrected chi connectivity index (χ4v) is 6.61. The molecule has 0 spiro atoms. The Balaban J connectivity index is 0.00000640. The van der Waals surface area contributed by atoms with Crippen LogP contribution in [0.2, 0.25) is 0 Å². The predicted molar refractivity (Wildman–Crippen MR) is 271 cm³/mol. The van der Waals surface area contributed by atoms with Crippen molar-refractivity contribution in [2.24, 2.45) is 27.9 Å². The molecule has 18 N–H and O–H groups in total. The van der Waals surface area contributed by atoms with Gasteiger partial charge in [-0.05, 0) is 63.2 Å². The zero-order valence-corrected chi connectivity index (χ0v) is 42.3. The van der Waals surface area contributed by atoms with Crippen LogP contribution in [0.15, 0.2) is 65.7 Å². The van der Waals surface area contributed by atoms with Gasteiger partial charge in [0.25, 0.3) is 5.97 Å². The highest BCUT2D eigenvalue weighted by Gasteiger charge is 2.30. The molecule has 0 aromatic heterocycles. The maximum atomic E-state index is 14.0. The second-order valence-corrected chi connectivity index (χ2v) is 17.3. The van der Waals surface area contributed by atoms with Crippen LogP contribution in [0, 0.1) is 0 Å². The van der Waals surface area contributed by atoms with Gasteiger partial charge in [0.05, 0.1) is 25.7 Å². The van der Waals surface area contributed by atoms with Gasteiger partial charge in [-0.25, -0.2) is 0 Å². The van der Waals surface area contributed by atoms with Crippen LogP contribution in [-0.2, 0) is 65.6 Å². The number of aliphatic carboxylic acids is 1. The summed E-state index contributed by atoms with van der Waals surface area (Å²) in [5.41, 5.74) is 22.9. The molecular formula is C46H70N14O12S. The summed E-state index contributed by atoms with van der Waals surface area (Å²) < 4.78 is 0. The lowest BCUT2D eigenvalue weighted by molar-refractivity contribution is -0.134. The minimum absolute atomic E-state index is 0.0332. The molecule has 2 aromatic carbocycles. The lowest BCUT2D eigenvalue weighted by atomic mass is 10.0. The van der Waals surface area contributed by atoms with E-state index in [0.717, 1.165) is 6.92 Å². The van der Waals surface area contributed by atoms with Crippen molar-refractivity contribution in [1.82, 2.24) is 47.9 Å². The van der Waals surface area contributed by atoms with Gasteiger partial charge in [0.15, 0.2) is 5.96 Å². The van der Waals surface area contributed by atoms with Crippen molar-refractivity contribution < 1.29 is 57.8 Å². The number of benzene rings is 2. The molecule has 0 aliphatic carbocycles. The molecule has 7 atom stereocenters. The van der Waals surface area contributed by atoms with Crippen LogP contribution in [0.25, 0.3) is 0 Å². The Hall–Kier alpha value is -7.81. The van der Waals surface area contributed by atoms with E-state index in [1.807, 2.05) is 0 Å². The number of guanidine groups is 1. The van der Waals surface area contributed by atoms with Crippen LogP contribution < -0.4 is 70.8 Å². The van der Waals surface area contributed by atoms with Gasteiger partial charge in [0, 0.05) is 26.3 Å². The molecule has 10 amide bonds. The summed E-state index contributed by atoms with van der Waals surface area (Å²) in [5, 5.41) is 29.9. The van der Waals surface area contributed by atoms with Crippen molar-refractivity contribution in [3.05, 3.63) is 71.8 Å². The average Bonchev–Trinajstić information content (AvgIpc) is 3.33. The van der Waals surface area contributed by atoms with E-state index < -0.39 is 127 Å². The molecule has 0 bridgehead atoms. The molecule has 26 nitrogen and oxygen atoms in total. The van der Waals surface area contributed by atoms with Crippen LogP contribution in [0.1, 0.15) is 58.1 Å². The molecule has 27 heteroatoms. The standard InChI is InChI=1S/C44H66N14O10S.C2H4O2/c1-25(45)38(63)54-26(2)39(64)50-23-35(60)55-31(17-19-69-4)41(66)51-24-36(61)56-33(21-29-14-9-6-10-15-29)43(68)58-32(20-28-12-7-5-8-13-28)42(67)52-22-34(59)53-27(3)40(65)57-30(37(46)62)16-11-18-49-44(47)48;1-2(3)4/h5-10,12-15,25-27,30-33H,11,16-24,45H2,1-4H3,(H2,46,62)(H,50,64)(H,51,66)(H,52,67)(H,53,59)(H,54,63)(H,55,60)(H,56,61)(H,57,65)(H,58,68)(H4,47,48,49);1H3,(H,3,4). The van der Waals surface area contributed by atoms with Gasteiger partial charge in [-0.15, -0.1) is 0 Å². The third kappa shape index (κ3) is 28.0. The van der Waals surface area contributed by atoms with Gasteiger partial charge in [0.2, 0.25) is 59.1 Å². The quantitative estimate of drug-likeness (QED) is 0.0199. The Morgan fingerprint density at radius 1 is 0.548 bits per heavy atom.